The molecule has 6 heteroatoms. The Balaban J connectivity index is 1.67. The lowest BCUT2D eigenvalue weighted by Crippen LogP contribution is -2.37. The smallest absolute Gasteiger partial charge is 0.290 e. The van der Waals surface area contributed by atoms with Gasteiger partial charge in [0.2, 0.25) is 0 Å². The zero-order valence-electron chi connectivity index (χ0n) is 16.1. The number of benzene rings is 1. The molecule has 0 saturated carbocycles. The molecule has 0 bridgehead atoms. The topological polar surface area (TPSA) is 59.8 Å². The quantitative estimate of drug-likeness (QED) is 0.644. The van der Waals surface area contributed by atoms with Crippen molar-refractivity contribution in [2.75, 3.05) is 13.2 Å². The lowest BCUT2D eigenvalue weighted by Gasteiger charge is -2.25. The highest BCUT2D eigenvalue weighted by molar-refractivity contribution is 7.10. The normalized spacial score (nSPS) is 16.6. The highest BCUT2D eigenvalue weighted by Gasteiger charge is 2.26. The van der Waals surface area contributed by atoms with Crippen LogP contribution in [-0.4, -0.2) is 30.1 Å². The van der Waals surface area contributed by atoms with Crippen LogP contribution in [0.15, 0.2) is 44.9 Å². The maximum absolute atomic E-state index is 13.3. The van der Waals surface area contributed by atoms with E-state index in [1.807, 2.05) is 31.4 Å². The van der Waals surface area contributed by atoms with Gasteiger partial charge in [0.1, 0.15) is 5.58 Å². The van der Waals surface area contributed by atoms with Gasteiger partial charge in [0.15, 0.2) is 11.2 Å². The molecule has 0 radical (unpaired) electrons. The van der Waals surface area contributed by atoms with Gasteiger partial charge in [-0.1, -0.05) is 11.6 Å². The lowest BCUT2D eigenvalue weighted by molar-refractivity contribution is 0.0486. The summed E-state index contributed by atoms with van der Waals surface area (Å²) in [5, 5.41) is 2.52. The number of nitrogens with zero attached hydrogens (tertiary/aromatic N) is 1. The molecule has 146 valence electrons. The maximum atomic E-state index is 13.3. The Hall–Kier alpha value is -2.44. The molecule has 1 aromatic carbocycles. The van der Waals surface area contributed by atoms with Crippen LogP contribution in [-0.2, 0) is 11.3 Å². The van der Waals surface area contributed by atoms with Crippen LogP contribution in [0.25, 0.3) is 11.0 Å². The zero-order chi connectivity index (χ0) is 19.7. The van der Waals surface area contributed by atoms with E-state index in [2.05, 4.69) is 0 Å². The second-order valence-electron chi connectivity index (χ2n) is 7.32. The molecule has 1 saturated heterocycles. The van der Waals surface area contributed by atoms with Crippen LogP contribution in [0.3, 0.4) is 0 Å². The Morgan fingerprint density at radius 3 is 2.82 bits per heavy atom. The van der Waals surface area contributed by atoms with Crippen molar-refractivity contribution in [2.24, 2.45) is 0 Å². The molecule has 1 aliphatic heterocycles. The van der Waals surface area contributed by atoms with Crippen LogP contribution >= 0.6 is 11.3 Å². The Labute approximate surface area is 167 Å². The van der Waals surface area contributed by atoms with Gasteiger partial charge in [0, 0.05) is 24.1 Å². The summed E-state index contributed by atoms with van der Waals surface area (Å²) in [6, 6.07) is 8.77. The van der Waals surface area contributed by atoms with E-state index in [9.17, 15) is 9.59 Å². The first-order valence-corrected chi connectivity index (χ1v) is 10.4. The first kappa shape index (κ1) is 18.9. The summed E-state index contributed by atoms with van der Waals surface area (Å²) in [7, 11) is 0. The number of fused-ring (bicyclic) bond motifs is 1. The summed E-state index contributed by atoms with van der Waals surface area (Å²) in [5.41, 5.74) is 2.38. The van der Waals surface area contributed by atoms with Crippen molar-refractivity contribution in [3.63, 3.8) is 0 Å². The molecule has 2 aromatic heterocycles. The van der Waals surface area contributed by atoms with Crippen molar-refractivity contribution >= 4 is 28.2 Å². The van der Waals surface area contributed by atoms with Crippen LogP contribution in [0, 0.1) is 13.8 Å². The predicted octanol–water partition coefficient (Wildman–Crippen LogP) is 4.29. The molecule has 0 N–H and O–H groups in total. The number of hydrogen-bond acceptors (Lipinski definition) is 5. The van der Waals surface area contributed by atoms with Gasteiger partial charge in [-0.2, -0.15) is 0 Å². The van der Waals surface area contributed by atoms with Crippen LogP contribution in [0.5, 0.6) is 0 Å². The van der Waals surface area contributed by atoms with Crippen molar-refractivity contribution < 1.29 is 13.9 Å². The average molecular weight is 397 g/mol. The van der Waals surface area contributed by atoms with Crippen molar-refractivity contribution in [3.05, 3.63) is 67.7 Å². The van der Waals surface area contributed by atoms with Crippen LogP contribution in [0.2, 0.25) is 0 Å². The third kappa shape index (κ3) is 3.88. The molecule has 3 aromatic rings. The van der Waals surface area contributed by atoms with Crippen molar-refractivity contribution in [1.82, 2.24) is 4.90 Å². The van der Waals surface area contributed by atoms with E-state index in [0.29, 0.717) is 24.1 Å². The molecule has 0 unspecified atom stereocenters. The predicted molar refractivity (Wildman–Crippen MR) is 110 cm³/mol. The Morgan fingerprint density at radius 2 is 2.11 bits per heavy atom. The van der Waals surface area contributed by atoms with Crippen LogP contribution < -0.4 is 5.43 Å². The highest BCUT2D eigenvalue weighted by atomic mass is 32.1. The van der Waals surface area contributed by atoms with E-state index in [4.69, 9.17) is 9.15 Å². The molecule has 28 heavy (non-hydrogen) atoms. The number of carbonyl (C=O) groups is 1. The van der Waals surface area contributed by atoms with Gasteiger partial charge in [-0.15, -0.1) is 11.3 Å². The largest absolute Gasteiger partial charge is 0.451 e. The summed E-state index contributed by atoms with van der Waals surface area (Å²) < 4.78 is 11.6. The molecule has 1 aliphatic rings. The van der Waals surface area contributed by atoms with Gasteiger partial charge < -0.3 is 14.1 Å². The van der Waals surface area contributed by atoms with Crippen molar-refractivity contribution in [1.29, 1.82) is 0 Å². The van der Waals surface area contributed by atoms with Crippen molar-refractivity contribution in [2.45, 2.75) is 39.3 Å². The van der Waals surface area contributed by atoms with Gasteiger partial charge in [-0.3, -0.25) is 9.59 Å². The SMILES string of the molecule is Cc1ccc2oc(C(=O)N(Cc3sccc3C)C[C@@H]3CCCO3)cc(=O)c2c1. The minimum Gasteiger partial charge on any atom is -0.451 e. The third-order valence-electron chi connectivity index (χ3n) is 5.13. The molecule has 1 fully saturated rings. The molecule has 1 amide bonds. The fourth-order valence-electron chi connectivity index (χ4n) is 3.52. The number of thiophene rings is 1. The second kappa shape index (κ2) is 7.89. The van der Waals surface area contributed by atoms with Crippen LogP contribution in [0.4, 0.5) is 0 Å². The number of aryl methyl sites for hydroxylation is 2. The number of ether oxygens (including phenoxy) is 1. The Morgan fingerprint density at radius 1 is 1.25 bits per heavy atom. The zero-order valence-corrected chi connectivity index (χ0v) is 16.9. The minimum atomic E-state index is -0.275. The highest BCUT2D eigenvalue weighted by Crippen LogP contribution is 2.22. The number of carbonyl (C=O) groups excluding carboxylic acids is 1. The molecule has 0 spiro atoms. The Bertz CT molecular complexity index is 1060. The number of rotatable bonds is 5. The van der Waals surface area contributed by atoms with Gasteiger partial charge in [-0.25, -0.2) is 0 Å². The first-order chi connectivity index (χ1) is 13.5. The summed E-state index contributed by atoms with van der Waals surface area (Å²) >= 11 is 1.63. The number of hydrogen-bond donors (Lipinski definition) is 0. The summed E-state index contributed by atoms with van der Waals surface area (Å²) in [4.78, 5) is 28.7. The lowest BCUT2D eigenvalue weighted by atomic mass is 10.1. The maximum Gasteiger partial charge on any atom is 0.290 e. The van der Waals surface area contributed by atoms with Gasteiger partial charge in [-0.05, 0) is 55.8 Å². The van der Waals surface area contributed by atoms with Crippen LogP contribution in [0.1, 0.15) is 39.4 Å². The first-order valence-electron chi connectivity index (χ1n) is 9.49. The van der Waals surface area contributed by atoms with E-state index in [1.165, 1.54) is 6.07 Å². The van der Waals surface area contributed by atoms with Gasteiger partial charge in [0.05, 0.1) is 18.0 Å². The molecule has 3 heterocycles. The molecule has 4 rings (SSSR count). The molecular formula is C22H23NO4S. The Kier molecular flexibility index (Phi) is 5.33. The molecule has 1 atom stereocenters. The number of amides is 1. The third-order valence-corrected chi connectivity index (χ3v) is 6.14. The fourth-order valence-corrected chi connectivity index (χ4v) is 4.44. The van der Waals surface area contributed by atoms with E-state index in [1.54, 1.807) is 28.4 Å². The van der Waals surface area contributed by atoms with Gasteiger partial charge in [0.25, 0.3) is 5.91 Å². The van der Waals surface area contributed by atoms with Crippen molar-refractivity contribution in [3.8, 4) is 0 Å². The summed E-state index contributed by atoms with van der Waals surface area (Å²) in [5.74, 6) is -0.198. The molecular weight excluding hydrogens is 374 g/mol. The average Bonchev–Trinajstić information content (AvgIpc) is 3.33. The summed E-state index contributed by atoms with van der Waals surface area (Å²) in [6.07, 6.45) is 1.97. The molecule has 5 nitrogen and oxygen atoms in total. The fraction of sp³-hybridized carbons (Fsp3) is 0.364. The molecule has 0 aliphatic carbocycles. The van der Waals surface area contributed by atoms with E-state index >= 15 is 0 Å². The summed E-state index contributed by atoms with van der Waals surface area (Å²) in [6.45, 7) is 5.67. The second-order valence-corrected chi connectivity index (χ2v) is 8.32. The van der Waals surface area contributed by atoms with E-state index < -0.39 is 0 Å². The monoisotopic (exact) mass is 397 g/mol. The van der Waals surface area contributed by atoms with E-state index in [-0.39, 0.29) is 23.2 Å². The van der Waals surface area contributed by atoms with E-state index in [0.717, 1.165) is 35.5 Å². The van der Waals surface area contributed by atoms with Gasteiger partial charge >= 0.3 is 0 Å². The minimum absolute atomic E-state index is 0.0269. The standard InChI is InChI=1S/C22H23NO4S/c1-14-5-6-19-17(10-14)18(24)11-20(27-19)22(25)23(12-16-4-3-8-26-16)13-21-15(2)7-9-28-21/h5-7,9-11,16H,3-4,8,12-13H2,1-2H3/t16-/m0/s1.